The van der Waals surface area contributed by atoms with Gasteiger partial charge in [-0.2, -0.15) is 0 Å². The molecule has 246 valence electrons. The maximum absolute atomic E-state index is 5.31. The predicted molar refractivity (Wildman–Crippen MR) is 220 cm³/mol. The van der Waals surface area contributed by atoms with Gasteiger partial charge in [0.1, 0.15) is 0 Å². The number of hydrogen-bond acceptors (Lipinski definition) is 3. The first-order valence-corrected chi connectivity index (χ1v) is 18.6. The molecule has 1 aliphatic rings. The fraction of sp³-hybridized carbons (Fsp3) is 0.0612. The van der Waals surface area contributed by atoms with Gasteiger partial charge in [-0.25, -0.2) is 9.97 Å². The van der Waals surface area contributed by atoms with Crippen LogP contribution in [0.15, 0.2) is 170 Å². The van der Waals surface area contributed by atoms with Gasteiger partial charge in [0.05, 0.1) is 11.4 Å². The average molecular weight is 683 g/mol. The Balaban J connectivity index is 1.21. The van der Waals surface area contributed by atoms with E-state index in [0.717, 1.165) is 45.0 Å². The first kappa shape index (κ1) is 30.6. The summed E-state index contributed by atoms with van der Waals surface area (Å²) in [5, 5.41) is 2.62. The summed E-state index contributed by atoms with van der Waals surface area (Å²) in [5.74, 6) is 0.717. The summed E-state index contributed by atoms with van der Waals surface area (Å²) in [6, 6.07) is 61.2. The summed E-state index contributed by atoms with van der Waals surface area (Å²) in [6.07, 6.45) is 0. The van der Waals surface area contributed by atoms with Crippen molar-refractivity contribution >= 4 is 31.5 Å². The van der Waals surface area contributed by atoms with Gasteiger partial charge in [0.15, 0.2) is 5.82 Å². The predicted octanol–water partition coefficient (Wildman–Crippen LogP) is 13.5. The van der Waals surface area contributed by atoms with E-state index in [1.165, 1.54) is 53.6 Å². The fourth-order valence-electron chi connectivity index (χ4n) is 8.06. The molecule has 10 rings (SSSR count). The Kier molecular flexibility index (Phi) is 7.06. The van der Waals surface area contributed by atoms with E-state index in [4.69, 9.17) is 9.97 Å². The normalized spacial score (nSPS) is 13.0. The third kappa shape index (κ3) is 5.00. The van der Waals surface area contributed by atoms with Crippen LogP contribution in [0.2, 0.25) is 0 Å². The van der Waals surface area contributed by atoms with Crippen LogP contribution in [0.3, 0.4) is 0 Å². The van der Waals surface area contributed by atoms with Gasteiger partial charge in [0.25, 0.3) is 0 Å². The maximum atomic E-state index is 5.31. The first-order chi connectivity index (χ1) is 25.5. The highest BCUT2D eigenvalue weighted by molar-refractivity contribution is 7.25. The lowest BCUT2D eigenvalue weighted by atomic mass is 9.82. The summed E-state index contributed by atoms with van der Waals surface area (Å²) in [6.45, 7) is 4.66. The second kappa shape index (κ2) is 12.0. The Bertz CT molecular complexity index is 2810. The molecule has 2 nitrogen and oxygen atoms in total. The van der Waals surface area contributed by atoms with Crippen molar-refractivity contribution in [1.29, 1.82) is 0 Å². The van der Waals surface area contributed by atoms with Crippen molar-refractivity contribution in [2.24, 2.45) is 0 Å². The molecule has 0 atom stereocenters. The van der Waals surface area contributed by atoms with Gasteiger partial charge in [-0.15, -0.1) is 11.3 Å². The van der Waals surface area contributed by atoms with Gasteiger partial charge in [0.2, 0.25) is 0 Å². The first-order valence-electron chi connectivity index (χ1n) is 17.8. The largest absolute Gasteiger partial charge is 0.228 e. The summed E-state index contributed by atoms with van der Waals surface area (Å²) in [4.78, 5) is 10.6. The zero-order valence-electron chi connectivity index (χ0n) is 29.0. The zero-order valence-corrected chi connectivity index (χ0v) is 29.8. The van der Waals surface area contributed by atoms with Crippen molar-refractivity contribution < 1.29 is 0 Å². The van der Waals surface area contributed by atoms with Crippen molar-refractivity contribution in [1.82, 2.24) is 9.97 Å². The number of rotatable bonds is 5. The van der Waals surface area contributed by atoms with Crippen LogP contribution >= 0.6 is 11.3 Å². The Morgan fingerprint density at radius 3 is 1.85 bits per heavy atom. The summed E-state index contributed by atoms with van der Waals surface area (Å²) < 4.78 is 2.61. The van der Waals surface area contributed by atoms with Gasteiger partial charge in [-0.3, -0.25) is 0 Å². The highest BCUT2D eigenvalue weighted by Crippen LogP contribution is 2.52. The Morgan fingerprint density at radius 1 is 0.404 bits per heavy atom. The van der Waals surface area contributed by atoms with Crippen molar-refractivity contribution in [2.75, 3.05) is 0 Å². The highest BCUT2D eigenvalue weighted by atomic mass is 32.1. The summed E-state index contributed by atoms with van der Waals surface area (Å²) >= 11 is 1.85. The maximum Gasteiger partial charge on any atom is 0.160 e. The molecule has 0 fully saturated rings. The molecule has 2 aromatic heterocycles. The molecule has 2 heterocycles. The number of nitrogens with zero attached hydrogens (tertiary/aromatic N) is 2. The number of hydrogen-bond donors (Lipinski definition) is 0. The lowest BCUT2D eigenvalue weighted by Crippen LogP contribution is -2.14. The van der Waals surface area contributed by atoms with Crippen LogP contribution in [0.5, 0.6) is 0 Å². The second-order valence-electron chi connectivity index (χ2n) is 14.2. The molecule has 1 aliphatic carbocycles. The molecule has 3 heteroatoms. The molecular weight excluding hydrogens is 649 g/mol. The zero-order chi connectivity index (χ0) is 34.8. The van der Waals surface area contributed by atoms with Crippen molar-refractivity contribution in [3.8, 4) is 67.3 Å². The van der Waals surface area contributed by atoms with Crippen molar-refractivity contribution in [3.63, 3.8) is 0 Å². The Morgan fingerprint density at radius 2 is 1.02 bits per heavy atom. The molecule has 0 aliphatic heterocycles. The smallest absolute Gasteiger partial charge is 0.160 e. The van der Waals surface area contributed by atoms with Crippen LogP contribution in [-0.4, -0.2) is 9.97 Å². The quantitative estimate of drug-likeness (QED) is 0.181. The standard InChI is InChI=1S/C49H34N2S/c1-49(2)41-21-11-9-19-39(41)47-40(20-13-22-42(47)49)44-30-43(50-48(51-44)32-16-7-4-8-17-32)36-27-34(31-14-5-3-6-15-31)26-35(28-36)33-24-25-38-37-18-10-12-23-45(37)52-46(38)29-33/h3-30H,1-2H3. The number of thiophene rings is 1. The highest BCUT2D eigenvalue weighted by Gasteiger charge is 2.36. The van der Waals surface area contributed by atoms with Gasteiger partial charge < -0.3 is 0 Å². The third-order valence-electron chi connectivity index (χ3n) is 10.7. The van der Waals surface area contributed by atoms with E-state index in [-0.39, 0.29) is 5.41 Å². The molecule has 0 spiro atoms. The lowest BCUT2D eigenvalue weighted by Gasteiger charge is -2.21. The third-order valence-corrected chi connectivity index (χ3v) is 11.8. The molecule has 0 radical (unpaired) electrons. The molecule has 52 heavy (non-hydrogen) atoms. The van der Waals surface area contributed by atoms with Crippen molar-refractivity contribution in [3.05, 3.63) is 181 Å². The molecule has 0 unspecified atom stereocenters. The molecule has 0 N–H and O–H groups in total. The van der Waals surface area contributed by atoms with Crippen LogP contribution in [0.25, 0.3) is 87.5 Å². The lowest BCUT2D eigenvalue weighted by molar-refractivity contribution is 0.660. The van der Waals surface area contributed by atoms with E-state index in [1.54, 1.807) is 0 Å². The molecule has 0 bridgehead atoms. The molecule has 0 saturated heterocycles. The van der Waals surface area contributed by atoms with Gasteiger partial charge >= 0.3 is 0 Å². The minimum absolute atomic E-state index is 0.103. The number of fused-ring (bicyclic) bond motifs is 6. The second-order valence-corrected chi connectivity index (χ2v) is 15.3. The molecule has 0 saturated carbocycles. The van der Waals surface area contributed by atoms with Gasteiger partial charge in [0, 0.05) is 42.3 Å². The average Bonchev–Trinajstić information content (AvgIpc) is 3.69. The monoisotopic (exact) mass is 682 g/mol. The van der Waals surface area contributed by atoms with Crippen LogP contribution in [0.1, 0.15) is 25.0 Å². The molecule has 7 aromatic carbocycles. The SMILES string of the molecule is CC1(C)c2ccccc2-c2c(-c3cc(-c4cc(-c5ccccc5)cc(-c5ccc6c(c5)sc5ccccc56)c4)nc(-c4ccccc4)n3)cccc21. The number of aromatic nitrogens is 2. The van der Waals surface area contributed by atoms with Crippen LogP contribution in [-0.2, 0) is 5.41 Å². The van der Waals surface area contributed by atoms with Crippen molar-refractivity contribution in [2.45, 2.75) is 19.3 Å². The summed E-state index contributed by atoms with van der Waals surface area (Å²) in [7, 11) is 0. The summed E-state index contributed by atoms with van der Waals surface area (Å²) in [5.41, 5.74) is 14.8. The Labute approximate surface area is 307 Å². The van der Waals surface area contributed by atoms with E-state index in [9.17, 15) is 0 Å². The minimum Gasteiger partial charge on any atom is -0.228 e. The van der Waals surface area contributed by atoms with Crippen LogP contribution < -0.4 is 0 Å². The van der Waals surface area contributed by atoms with E-state index < -0.39 is 0 Å². The number of benzene rings is 7. The van der Waals surface area contributed by atoms with E-state index in [1.807, 2.05) is 17.4 Å². The molecule has 0 amide bonds. The van der Waals surface area contributed by atoms with E-state index in [2.05, 4.69) is 178 Å². The van der Waals surface area contributed by atoms with E-state index >= 15 is 0 Å². The fourth-order valence-corrected chi connectivity index (χ4v) is 9.21. The van der Waals surface area contributed by atoms with Gasteiger partial charge in [-0.1, -0.05) is 147 Å². The minimum atomic E-state index is -0.103. The van der Waals surface area contributed by atoms with E-state index in [0.29, 0.717) is 0 Å². The Hall–Kier alpha value is -6.16. The van der Waals surface area contributed by atoms with Crippen LogP contribution in [0.4, 0.5) is 0 Å². The van der Waals surface area contributed by atoms with Crippen LogP contribution in [0, 0.1) is 0 Å². The molecule has 9 aromatic rings. The molecular formula is C49H34N2S. The van der Waals surface area contributed by atoms with Gasteiger partial charge in [-0.05, 0) is 80.9 Å². The topological polar surface area (TPSA) is 25.8 Å².